The first-order chi connectivity index (χ1) is 16.6. The van der Waals surface area contributed by atoms with Crippen molar-refractivity contribution < 1.29 is 14.3 Å². The van der Waals surface area contributed by atoms with E-state index in [1.54, 1.807) is 0 Å². The van der Waals surface area contributed by atoms with Crippen molar-refractivity contribution in [3.63, 3.8) is 0 Å². The molecule has 0 saturated carbocycles. The number of amides is 1. The van der Waals surface area contributed by atoms with Crippen molar-refractivity contribution in [2.24, 2.45) is 0 Å². The standard InChI is InChI=1S/C27H32N4O3/c1-3-33-25-12-8-7-11-22(25)23-17-24(29-28-23)26(32)31-15-13-27(14-16-31)18-21(19-34-27)30(2)20-9-5-4-6-10-20/h4-12,17,21H,3,13-16,18-19H2,1-2H3,(H,28,29)/t21-/m0/s1. The number of nitrogens with one attached hydrogen (secondary N) is 1. The summed E-state index contributed by atoms with van der Waals surface area (Å²) in [6.45, 7) is 4.62. The van der Waals surface area contributed by atoms with E-state index in [9.17, 15) is 4.79 Å². The lowest BCUT2D eigenvalue weighted by Crippen LogP contribution is -2.47. The number of carbonyl (C=O) groups excluding carboxylic acids is 1. The molecule has 0 unspecified atom stereocenters. The summed E-state index contributed by atoms with van der Waals surface area (Å²) in [5.41, 5.74) is 3.17. The average Bonchev–Trinajstić information content (AvgIpc) is 3.53. The van der Waals surface area contributed by atoms with Crippen molar-refractivity contribution in [3.05, 3.63) is 66.4 Å². The van der Waals surface area contributed by atoms with E-state index in [1.807, 2.05) is 48.2 Å². The lowest BCUT2D eigenvalue weighted by Gasteiger charge is -2.38. The molecular weight excluding hydrogens is 428 g/mol. The third-order valence-corrected chi connectivity index (χ3v) is 7.13. The smallest absolute Gasteiger partial charge is 0.271 e. The molecule has 0 radical (unpaired) electrons. The first kappa shape index (κ1) is 22.5. The van der Waals surface area contributed by atoms with Gasteiger partial charge in [0.25, 0.3) is 5.91 Å². The van der Waals surface area contributed by atoms with Crippen molar-refractivity contribution in [2.75, 3.05) is 38.3 Å². The molecule has 7 heteroatoms. The molecule has 1 amide bonds. The van der Waals surface area contributed by atoms with Gasteiger partial charge in [0.2, 0.25) is 0 Å². The predicted octanol–water partition coefficient (Wildman–Crippen LogP) is 4.38. The zero-order chi connectivity index (χ0) is 23.5. The number of rotatable bonds is 6. The fourth-order valence-corrected chi connectivity index (χ4v) is 5.11. The minimum Gasteiger partial charge on any atom is -0.493 e. The summed E-state index contributed by atoms with van der Waals surface area (Å²) < 4.78 is 12.1. The van der Waals surface area contributed by atoms with Gasteiger partial charge in [-0.25, -0.2) is 0 Å². The van der Waals surface area contributed by atoms with Gasteiger partial charge in [0, 0.05) is 31.4 Å². The van der Waals surface area contributed by atoms with Crippen molar-refractivity contribution in [1.82, 2.24) is 15.1 Å². The zero-order valence-electron chi connectivity index (χ0n) is 19.9. The molecule has 2 fully saturated rings. The molecule has 1 aromatic heterocycles. The van der Waals surface area contributed by atoms with Crippen LogP contribution in [0.1, 0.15) is 36.7 Å². The van der Waals surface area contributed by atoms with Gasteiger partial charge in [-0.3, -0.25) is 9.89 Å². The Morgan fingerprint density at radius 3 is 2.68 bits per heavy atom. The Bertz CT molecular complexity index is 1120. The van der Waals surface area contributed by atoms with E-state index in [-0.39, 0.29) is 11.5 Å². The molecule has 2 aliphatic rings. The van der Waals surface area contributed by atoms with Crippen LogP contribution in [0.4, 0.5) is 5.69 Å². The summed E-state index contributed by atoms with van der Waals surface area (Å²) in [4.78, 5) is 17.4. The highest BCUT2D eigenvalue weighted by Crippen LogP contribution is 2.38. The molecule has 1 spiro atoms. The second-order valence-electron chi connectivity index (χ2n) is 9.19. The third-order valence-electron chi connectivity index (χ3n) is 7.13. The van der Waals surface area contributed by atoms with Crippen LogP contribution in [-0.2, 0) is 4.74 Å². The second-order valence-corrected chi connectivity index (χ2v) is 9.19. The number of likely N-dealkylation sites (tertiary alicyclic amines) is 1. The number of anilines is 1. The number of hydrogen-bond donors (Lipinski definition) is 1. The van der Waals surface area contributed by atoms with Crippen LogP contribution >= 0.6 is 0 Å². The van der Waals surface area contributed by atoms with Crippen LogP contribution < -0.4 is 9.64 Å². The highest BCUT2D eigenvalue weighted by Gasteiger charge is 2.44. The minimum atomic E-state index is -0.139. The molecule has 3 aromatic rings. The molecule has 2 aromatic carbocycles. The molecule has 3 heterocycles. The van der Waals surface area contributed by atoms with Gasteiger partial charge < -0.3 is 19.3 Å². The molecule has 0 bridgehead atoms. The van der Waals surface area contributed by atoms with Gasteiger partial charge in [-0.15, -0.1) is 0 Å². The van der Waals surface area contributed by atoms with Gasteiger partial charge in [-0.2, -0.15) is 5.10 Å². The number of likely N-dealkylation sites (N-methyl/N-ethyl adjacent to an activating group) is 1. The van der Waals surface area contributed by atoms with Crippen LogP contribution in [0.15, 0.2) is 60.7 Å². The fraction of sp³-hybridized carbons (Fsp3) is 0.407. The molecule has 1 N–H and O–H groups in total. The normalized spacial score (nSPS) is 19.4. The van der Waals surface area contributed by atoms with Crippen LogP contribution in [0.2, 0.25) is 0 Å². The highest BCUT2D eigenvalue weighted by molar-refractivity contribution is 5.93. The lowest BCUT2D eigenvalue weighted by molar-refractivity contribution is -0.0389. The van der Waals surface area contributed by atoms with E-state index >= 15 is 0 Å². The van der Waals surface area contributed by atoms with Crippen molar-refractivity contribution in [3.8, 4) is 17.0 Å². The number of ether oxygens (including phenoxy) is 2. The number of aromatic nitrogens is 2. The average molecular weight is 461 g/mol. The van der Waals surface area contributed by atoms with Crippen LogP contribution in [0, 0.1) is 0 Å². The second kappa shape index (κ2) is 9.50. The largest absolute Gasteiger partial charge is 0.493 e. The number of piperidine rings is 1. The fourth-order valence-electron chi connectivity index (χ4n) is 5.11. The Morgan fingerprint density at radius 2 is 1.91 bits per heavy atom. The van der Waals surface area contributed by atoms with E-state index in [4.69, 9.17) is 9.47 Å². The van der Waals surface area contributed by atoms with Crippen LogP contribution in [0.25, 0.3) is 11.3 Å². The number of para-hydroxylation sites is 2. The quantitative estimate of drug-likeness (QED) is 0.591. The molecule has 1 atom stereocenters. The summed E-state index contributed by atoms with van der Waals surface area (Å²) in [5.74, 6) is 0.752. The number of nitrogens with zero attached hydrogens (tertiary/aromatic N) is 3. The van der Waals surface area contributed by atoms with Crippen molar-refractivity contribution in [1.29, 1.82) is 0 Å². The third kappa shape index (κ3) is 4.40. The summed E-state index contributed by atoms with van der Waals surface area (Å²) >= 11 is 0. The summed E-state index contributed by atoms with van der Waals surface area (Å²) in [6.07, 6.45) is 2.70. The van der Waals surface area contributed by atoms with Gasteiger partial charge in [0.05, 0.1) is 30.6 Å². The molecule has 0 aliphatic carbocycles. The Kier molecular flexibility index (Phi) is 6.28. The Labute approximate surface area is 200 Å². The van der Waals surface area contributed by atoms with Crippen LogP contribution in [-0.4, -0.2) is 66.0 Å². The van der Waals surface area contributed by atoms with E-state index < -0.39 is 0 Å². The maximum Gasteiger partial charge on any atom is 0.271 e. The first-order valence-corrected chi connectivity index (χ1v) is 12.1. The van der Waals surface area contributed by atoms with Crippen LogP contribution in [0.5, 0.6) is 5.75 Å². The zero-order valence-corrected chi connectivity index (χ0v) is 19.9. The van der Waals surface area contributed by atoms with E-state index in [1.165, 1.54) is 5.69 Å². The molecule has 34 heavy (non-hydrogen) atoms. The van der Waals surface area contributed by atoms with E-state index in [0.29, 0.717) is 37.1 Å². The molecule has 2 aliphatic heterocycles. The SMILES string of the molecule is CCOc1ccccc1-c1cc(C(=O)N2CCC3(CC2)C[C@H](N(C)c2ccccc2)CO3)[nH]n1. The number of benzene rings is 2. The molecule has 5 rings (SSSR count). The van der Waals surface area contributed by atoms with Gasteiger partial charge in [0.1, 0.15) is 11.4 Å². The number of hydrogen-bond acceptors (Lipinski definition) is 5. The summed E-state index contributed by atoms with van der Waals surface area (Å²) in [7, 11) is 2.14. The van der Waals surface area contributed by atoms with E-state index in [0.717, 1.165) is 37.2 Å². The number of aromatic amines is 1. The molecule has 2 saturated heterocycles. The van der Waals surface area contributed by atoms with Crippen molar-refractivity contribution in [2.45, 2.75) is 37.8 Å². The lowest BCUT2D eigenvalue weighted by atomic mass is 9.87. The van der Waals surface area contributed by atoms with Crippen LogP contribution in [0.3, 0.4) is 0 Å². The molecular formula is C27H32N4O3. The van der Waals surface area contributed by atoms with Gasteiger partial charge in [0.15, 0.2) is 0 Å². The molecule has 7 nitrogen and oxygen atoms in total. The Balaban J connectivity index is 1.21. The minimum absolute atomic E-state index is 0.0153. The Hall–Kier alpha value is -3.32. The van der Waals surface area contributed by atoms with Gasteiger partial charge in [-0.1, -0.05) is 30.3 Å². The number of carbonyl (C=O) groups is 1. The van der Waals surface area contributed by atoms with Gasteiger partial charge >= 0.3 is 0 Å². The maximum atomic E-state index is 13.2. The predicted molar refractivity (Wildman–Crippen MR) is 132 cm³/mol. The number of H-pyrrole nitrogens is 1. The summed E-state index contributed by atoms with van der Waals surface area (Å²) in [5, 5.41) is 7.33. The first-order valence-electron chi connectivity index (χ1n) is 12.1. The topological polar surface area (TPSA) is 70.7 Å². The summed E-state index contributed by atoms with van der Waals surface area (Å²) in [6, 6.07) is 20.4. The highest BCUT2D eigenvalue weighted by atomic mass is 16.5. The van der Waals surface area contributed by atoms with Gasteiger partial charge in [-0.05, 0) is 56.5 Å². The van der Waals surface area contributed by atoms with Crippen molar-refractivity contribution >= 4 is 11.6 Å². The monoisotopic (exact) mass is 460 g/mol. The molecule has 178 valence electrons. The Morgan fingerprint density at radius 1 is 1.18 bits per heavy atom. The van der Waals surface area contributed by atoms with E-state index in [2.05, 4.69) is 46.4 Å². The maximum absolute atomic E-state index is 13.2.